The van der Waals surface area contributed by atoms with E-state index in [0.717, 1.165) is 25.7 Å². The summed E-state index contributed by atoms with van der Waals surface area (Å²) in [6.07, 6.45) is 27.5. The molecular formula is C30H57ClO4. The standard InChI is InChI=1S/C30H57ClO4/c1-3-5-7-9-11-13-15-17-19-21-23-25-34-29(32)27-28(31)30(33)35-26-24-22-20-18-16-14-12-10-8-6-4-2/h28H,3-27H2,1-2H3. The van der Waals surface area contributed by atoms with Crippen molar-refractivity contribution in [1.29, 1.82) is 0 Å². The van der Waals surface area contributed by atoms with Crippen LogP contribution in [0.5, 0.6) is 0 Å². The fraction of sp³-hybridized carbons (Fsp3) is 0.933. The number of hydrogen-bond acceptors (Lipinski definition) is 4. The number of esters is 2. The summed E-state index contributed by atoms with van der Waals surface area (Å²) in [6, 6.07) is 0. The third-order valence-electron chi connectivity index (χ3n) is 6.60. The second-order valence-electron chi connectivity index (χ2n) is 10.1. The maximum atomic E-state index is 12.0. The molecule has 0 radical (unpaired) electrons. The fourth-order valence-corrected chi connectivity index (χ4v) is 4.46. The van der Waals surface area contributed by atoms with Crippen LogP contribution >= 0.6 is 11.6 Å². The summed E-state index contributed by atoms with van der Waals surface area (Å²) in [5.74, 6) is -0.922. The zero-order chi connectivity index (χ0) is 25.8. The van der Waals surface area contributed by atoms with E-state index in [-0.39, 0.29) is 6.42 Å². The molecule has 0 heterocycles. The van der Waals surface area contributed by atoms with Gasteiger partial charge in [-0.25, -0.2) is 0 Å². The van der Waals surface area contributed by atoms with Crippen molar-refractivity contribution in [1.82, 2.24) is 0 Å². The lowest BCUT2D eigenvalue weighted by molar-refractivity contribution is -0.150. The van der Waals surface area contributed by atoms with Crippen molar-refractivity contribution >= 4 is 23.5 Å². The van der Waals surface area contributed by atoms with Gasteiger partial charge in [0.25, 0.3) is 0 Å². The minimum atomic E-state index is -0.951. The smallest absolute Gasteiger partial charge is 0.324 e. The van der Waals surface area contributed by atoms with Gasteiger partial charge in [-0.05, 0) is 12.8 Å². The molecule has 0 N–H and O–H groups in total. The van der Waals surface area contributed by atoms with Crippen molar-refractivity contribution in [2.75, 3.05) is 13.2 Å². The Labute approximate surface area is 222 Å². The van der Waals surface area contributed by atoms with Crippen molar-refractivity contribution in [2.24, 2.45) is 0 Å². The summed E-state index contributed by atoms with van der Waals surface area (Å²) in [5, 5.41) is -0.951. The molecule has 5 heteroatoms. The average molecular weight is 517 g/mol. The Balaban J connectivity index is 3.44. The van der Waals surface area contributed by atoms with Gasteiger partial charge in [0, 0.05) is 0 Å². The Hall–Kier alpha value is -0.770. The van der Waals surface area contributed by atoms with Crippen LogP contribution in [0.3, 0.4) is 0 Å². The normalized spacial score (nSPS) is 12.0. The van der Waals surface area contributed by atoms with E-state index in [4.69, 9.17) is 21.1 Å². The van der Waals surface area contributed by atoms with Gasteiger partial charge >= 0.3 is 11.9 Å². The molecule has 0 bridgehead atoms. The molecular weight excluding hydrogens is 460 g/mol. The molecule has 0 aromatic heterocycles. The fourth-order valence-electron chi connectivity index (χ4n) is 4.27. The second-order valence-corrected chi connectivity index (χ2v) is 10.7. The van der Waals surface area contributed by atoms with Crippen LogP contribution in [0, 0.1) is 0 Å². The first-order valence-corrected chi connectivity index (χ1v) is 15.5. The Morgan fingerprint density at radius 1 is 0.514 bits per heavy atom. The van der Waals surface area contributed by atoms with Crippen LogP contribution in [-0.2, 0) is 19.1 Å². The topological polar surface area (TPSA) is 52.6 Å². The van der Waals surface area contributed by atoms with Crippen LogP contribution in [0.4, 0.5) is 0 Å². The number of unbranched alkanes of at least 4 members (excludes halogenated alkanes) is 20. The van der Waals surface area contributed by atoms with Crippen molar-refractivity contribution < 1.29 is 19.1 Å². The summed E-state index contributed by atoms with van der Waals surface area (Å²) in [7, 11) is 0. The Morgan fingerprint density at radius 3 is 1.20 bits per heavy atom. The summed E-state index contributed by atoms with van der Waals surface area (Å²) in [6.45, 7) is 5.29. The lowest BCUT2D eigenvalue weighted by Gasteiger charge is -2.10. The van der Waals surface area contributed by atoms with E-state index in [1.807, 2.05) is 0 Å². The van der Waals surface area contributed by atoms with Crippen LogP contribution in [-0.4, -0.2) is 30.5 Å². The maximum absolute atomic E-state index is 12.0. The highest BCUT2D eigenvalue weighted by Crippen LogP contribution is 2.13. The number of rotatable bonds is 27. The molecule has 4 nitrogen and oxygen atoms in total. The zero-order valence-electron chi connectivity index (χ0n) is 23.3. The SMILES string of the molecule is CCCCCCCCCCCCCOC(=O)CC(Cl)C(=O)OCCCCCCCCCCCCC. The van der Waals surface area contributed by atoms with Gasteiger partial charge in [-0.15, -0.1) is 11.6 Å². The molecule has 1 atom stereocenters. The average Bonchev–Trinajstić information content (AvgIpc) is 2.85. The second kappa shape index (κ2) is 27.8. The first-order chi connectivity index (χ1) is 17.1. The Bertz CT molecular complexity index is 469. The van der Waals surface area contributed by atoms with Crippen molar-refractivity contribution in [3.05, 3.63) is 0 Å². The molecule has 0 aromatic rings. The first-order valence-electron chi connectivity index (χ1n) is 15.1. The lowest BCUT2D eigenvalue weighted by Crippen LogP contribution is -2.23. The van der Waals surface area contributed by atoms with Gasteiger partial charge in [-0.1, -0.05) is 142 Å². The minimum Gasteiger partial charge on any atom is -0.466 e. The highest BCUT2D eigenvalue weighted by atomic mass is 35.5. The van der Waals surface area contributed by atoms with Crippen LogP contribution in [0.15, 0.2) is 0 Å². The van der Waals surface area contributed by atoms with Crippen LogP contribution in [0.2, 0.25) is 0 Å². The number of ether oxygens (including phenoxy) is 2. The zero-order valence-corrected chi connectivity index (χ0v) is 24.0. The quantitative estimate of drug-likeness (QED) is 0.0619. The van der Waals surface area contributed by atoms with Crippen LogP contribution < -0.4 is 0 Å². The summed E-state index contributed by atoms with van der Waals surface area (Å²) in [4.78, 5) is 23.9. The van der Waals surface area contributed by atoms with Crippen molar-refractivity contribution in [3.8, 4) is 0 Å². The van der Waals surface area contributed by atoms with Gasteiger partial charge in [0.2, 0.25) is 0 Å². The summed E-state index contributed by atoms with van der Waals surface area (Å²) < 4.78 is 10.5. The lowest BCUT2D eigenvalue weighted by atomic mass is 10.1. The predicted molar refractivity (Wildman–Crippen MR) is 149 cm³/mol. The van der Waals surface area contributed by atoms with Gasteiger partial charge < -0.3 is 9.47 Å². The van der Waals surface area contributed by atoms with E-state index >= 15 is 0 Å². The van der Waals surface area contributed by atoms with E-state index in [1.54, 1.807) is 0 Å². The number of alkyl halides is 1. The number of carbonyl (C=O) groups is 2. The van der Waals surface area contributed by atoms with Crippen molar-refractivity contribution in [3.63, 3.8) is 0 Å². The highest BCUT2D eigenvalue weighted by molar-refractivity contribution is 6.30. The van der Waals surface area contributed by atoms with Gasteiger partial charge in [0.1, 0.15) is 5.38 Å². The molecule has 0 saturated carbocycles. The molecule has 208 valence electrons. The summed E-state index contributed by atoms with van der Waals surface area (Å²) >= 11 is 6.04. The number of halogens is 1. The van der Waals surface area contributed by atoms with E-state index < -0.39 is 17.3 Å². The summed E-state index contributed by atoms with van der Waals surface area (Å²) in [5.41, 5.74) is 0. The van der Waals surface area contributed by atoms with Gasteiger partial charge in [0.15, 0.2) is 0 Å². The predicted octanol–water partition coefficient (Wildman–Crippen LogP) is 9.69. The van der Waals surface area contributed by atoms with Gasteiger partial charge in [-0.2, -0.15) is 0 Å². The van der Waals surface area contributed by atoms with E-state index in [1.165, 1.54) is 116 Å². The monoisotopic (exact) mass is 516 g/mol. The third-order valence-corrected chi connectivity index (χ3v) is 6.94. The third kappa shape index (κ3) is 26.1. The van der Waals surface area contributed by atoms with Crippen LogP contribution in [0.1, 0.15) is 162 Å². The molecule has 0 aliphatic rings. The van der Waals surface area contributed by atoms with Crippen LogP contribution in [0.25, 0.3) is 0 Å². The Kier molecular flexibility index (Phi) is 27.2. The maximum Gasteiger partial charge on any atom is 0.324 e. The van der Waals surface area contributed by atoms with E-state index in [9.17, 15) is 9.59 Å². The molecule has 0 rings (SSSR count). The largest absolute Gasteiger partial charge is 0.466 e. The molecule has 1 unspecified atom stereocenters. The first kappa shape index (κ1) is 34.2. The molecule has 0 aliphatic carbocycles. The molecule has 0 aromatic carbocycles. The van der Waals surface area contributed by atoms with Gasteiger partial charge in [-0.3, -0.25) is 9.59 Å². The molecule has 35 heavy (non-hydrogen) atoms. The molecule has 0 aliphatic heterocycles. The molecule has 0 amide bonds. The van der Waals surface area contributed by atoms with Gasteiger partial charge in [0.05, 0.1) is 19.6 Å². The number of carbonyl (C=O) groups excluding carboxylic acids is 2. The Morgan fingerprint density at radius 2 is 0.829 bits per heavy atom. The molecule has 0 saturated heterocycles. The van der Waals surface area contributed by atoms with E-state index in [0.29, 0.717) is 13.2 Å². The molecule has 0 fully saturated rings. The highest BCUT2D eigenvalue weighted by Gasteiger charge is 2.21. The van der Waals surface area contributed by atoms with E-state index in [2.05, 4.69) is 13.8 Å². The van der Waals surface area contributed by atoms with Crippen molar-refractivity contribution in [2.45, 2.75) is 167 Å². The number of hydrogen-bond donors (Lipinski definition) is 0. The molecule has 0 spiro atoms. The minimum absolute atomic E-state index is 0.114.